The predicted molar refractivity (Wildman–Crippen MR) is 124 cm³/mol. The molecule has 0 saturated heterocycles. The summed E-state index contributed by atoms with van der Waals surface area (Å²) in [4.78, 5) is 23.5. The number of pyridine rings is 2. The summed E-state index contributed by atoms with van der Waals surface area (Å²) < 4.78 is 5.96. The monoisotopic (exact) mass is 451 g/mol. The van der Waals surface area contributed by atoms with E-state index in [9.17, 15) is 9.90 Å². The molecule has 3 heterocycles. The summed E-state index contributed by atoms with van der Waals surface area (Å²) in [6.45, 7) is 3.04. The largest absolute Gasteiger partial charge is 0.471 e. The van der Waals surface area contributed by atoms with E-state index in [1.165, 1.54) is 0 Å². The van der Waals surface area contributed by atoms with E-state index < -0.39 is 6.10 Å². The first-order chi connectivity index (χ1) is 15.1. The minimum absolute atomic E-state index is 0. The number of amides is 1. The quantitative estimate of drug-likeness (QED) is 0.625. The molecule has 0 spiro atoms. The molecule has 166 valence electrons. The van der Waals surface area contributed by atoms with Crippen LogP contribution in [0.1, 0.15) is 46.4 Å². The molecule has 1 saturated carbocycles. The SMILES string of the molecule is Cc1cc(-c2ccc(CN3Cc4ccnc(O[C@@H]5CCC[C@H]5O)c4C3=O)cc2)ccn1.Cl. The van der Waals surface area contributed by atoms with Gasteiger partial charge in [-0.1, -0.05) is 24.3 Å². The van der Waals surface area contributed by atoms with Gasteiger partial charge in [0.1, 0.15) is 11.7 Å². The Balaban J connectivity index is 0.00000245. The Bertz CT molecular complexity index is 1120. The normalized spacial score (nSPS) is 19.6. The standard InChI is InChI=1S/C25H25N3O3.ClH/c1-16-13-19(9-11-26-16)18-7-5-17(6-8-18)14-28-15-20-10-12-27-24(23(20)25(28)30)31-22-4-2-3-21(22)29;/h5-13,21-22,29H,2-4,14-15H2,1H3;1H/t21-,22-;/m1./s1. The lowest BCUT2D eigenvalue weighted by molar-refractivity contribution is 0.0553. The average Bonchev–Trinajstić information content (AvgIpc) is 3.32. The van der Waals surface area contributed by atoms with Crippen molar-refractivity contribution < 1.29 is 14.6 Å². The summed E-state index contributed by atoms with van der Waals surface area (Å²) in [5.74, 6) is 0.277. The summed E-state index contributed by atoms with van der Waals surface area (Å²) in [6, 6.07) is 14.2. The fourth-order valence-corrected chi connectivity index (χ4v) is 4.43. The third-order valence-corrected chi connectivity index (χ3v) is 6.10. The number of ether oxygens (including phenoxy) is 1. The van der Waals surface area contributed by atoms with Crippen molar-refractivity contribution in [1.82, 2.24) is 14.9 Å². The van der Waals surface area contributed by atoms with Crippen LogP contribution >= 0.6 is 12.4 Å². The Morgan fingerprint density at radius 2 is 1.84 bits per heavy atom. The molecule has 1 N–H and O–H groups in total. The van der Waals surface area contributed by atoms with Crippen LogP contribution in [0.15, 0.2) is 54.9 Å². The number of aromatic nitrogens is 2. The van der Waals surface area contributed by atoms with Crippen molar-refractivity contribution in [3.63, 3.8) is 0 Å². The lowest BCUT2D eigenvalue weighted by atomic mass is 10.0. The Morgan fingerprint density at radius 3 is 2.56 bits per heavy atom. The van der Waals surface area contributed by atoms with Gasteiger partial charge in [-0.3, -0.25) is 9.78 Å². The van der Waals surface area contributed by atoms with E-state index in [0.29, 0.717) is 24.5 Å². The van der Waals surface area contributed by atoms with Gasteiger partial charge in [0.2, 0.25) is 5.88 Å². The summed E-state index contributed by atoms with van der Waals surface area (Å²) in [7, 11) is 0. The molecule has 3 aromatic rings. The van der Waals surface area contributed by atoms with Crippen LogP contribution in [0.3, 0.4) is 0 Å². The first-order valence-corrected chi connectivity index (χ1v) is 10.7. The minimum atomic E-state index is -0.493. The molecule has 2 atom stereocenters. The molecule has 1 aromatic carbocycles. The molecule has 6 nitrogen and oxygen atoms in total. The number of nitrogens with zero attached hydrogens (tertiary/aromatic N) is 3. The van der Waals surface area contributed by atoms with E-state index in [-0.39, 0.29) is 24.4 Å². The van der Waals surface area contributed by atoms with Crippen molar-refractivity contribution in [3.8, 4) is 17.0 Å². The highest BCUT2D eigenvalue weighted by Gasteiger charge is 2.34. The number of hydrogen-bond acceptors (Lipinski definition) is 5. The van der Waals surface area contributed by atoms with Gasteiger partial charge in [0, 0.05) is 31.2 Å². The molecule has 7 heteroatoms. The molecule has 0 unspecified atom stereocenters. The number of aliphatic hydroxyl groups excluding tert-OH is 1. The molecule has 1 amide bonds. The maximum absolute atomic E-state index is 13.1. The molecule has 2 aromatic heterocycles. The van der Waals surface area contributed by atoms with Crippen molar-refractivity contribution in [2.24, 2.45) is 0 Å². The maximum atomic E-state index is 13.1. The highest BCUT2D eigenvalue weighted by atomic mass is 35.5. The highest BCUT2D eigenvalue weighted by molar-refractivity contribution is 6.00. The van der Waals surface area contributed by atoms with E-state index >= 15 is 0 Å². The number of carbonyl (C=O) groups is 1. The second-order valence-corrected chi connectivity index (χ2v) is 8.35. The molecule has 1 fully saturated rings. The number of aryl methyl sites for hydroxylation is 1. The fraction of sp³-hybridized carbons (Fsp3) is 0.320. The predicted octanol–water partition coefficient (Wildman–Crippen LogP) is 4.32. The second-order valence-electron chi connectivity index (χ2n) is 8.35. The lowest BCUT2D eigenvalue weighted by Gasteiger charge is -2.18. The van der Waals surface area contributed by atoms with Gasteiger partial charge in [-0.2, -0.15) is 0 Å². The van der Waals surface area contributed by atoms with Crippen LogP contribution in [-0.4, -0.2) is 38.1 Å². The molecule has 1 aliphatic heterocycles. The zero-order valence-corrected chi connectivity index (χ0v) is 18.7. The number of fused-ring (bicyclic) bond motifs is 1. The van der Waals surface area contributed by atoms with Crippen LogP contribution in [0.2, 0.25) is 0 Å². The third-order valence-electron chi connectivity index (χ3n) is 6.10. The maximum Gasteiger partial charge on any atom is 0.260 e. The summed E-state index contributed by atoms with van der Waals surface area (Å²) in [6.07, 6.45) is 5.16. The summed E-state index contributed by atoms with van der Waals surface area (Å²) in [5, 5.41) is 10.1. The summed E-state index contributed by atoms with van der Waals surface area (Å²) >= 11 is 0. The highest BCUT2D eigenvalue weighted by Crippen LogP contribution is 2.33. The first-order valence-electron chi connectivity index (χ1n) is 10.7. The van der Waals surface area contributed by atoms with Gasteiger partial charge in [0.05, 0.1) is 6.10 Å². The Hall–Kier alpha value is -2.96. The number of aliphatic hydroxyl groups is 1. The van der Waals surface area contributed by atoms with Gasteiger partial charge in [0.25, 0.3) is 5.91 Å². The van der Waals surface area contributed by atoms with Crippen LogP contribution in [-0.2, 0) is 13.1 Å². The fourth-order valence-electron chi connectivity index (χ4n) is 4.43. The van der Waals surface area contributed by atoms with Crippen LogP contribution in [0, 0.1) is 6.92 Å². The van der Waals surface area contributed by atoms with Crippen LogP contribution in [0.5, 0.6) is 5.88 Å². The van der Waals surface area contributed by atoms with Crippen LogP contribution in [0.4, 0.5) is 0 Å². The van der Waals surface area contributed by atoms with Gasteiger partial charge in [0.15, 0.2) is 0 Å². The molecule has 0 radical (unpaired) electrons. The first kappa shape index (κ1) is 22.2. The van der Waals surface area contributed by atoms with E-state index in [1.54, 1.807) is 6.20 Å². The van der Waals surface area contributed by atoms with Crippen molar-refractivity contribution in [3.05, 3.63) is 77.2 Å². The molecule has 5 rings (SSSR count). The van der Waals surface area contributed by atoms with Gasteiger partial charge in [-0.15, -0.1) is 12.4 Å². The molecular weight excluding hydrogens is 426 g/mol. The zero-order valence-electron chi connectivity index (χ0n) is 17.9. The van der Waals surface area contributed by atoms with E-state index in [2.05, 4.69) is 40.3 Å². The minimum Gasteiger partial charge on any atom is -0.471 e. The average molecular weight is 452 g/mol. The number of rotatable bonds is 5. The second kappa shape index (κ2) is 9.27. The Labute approximate surface area is 193 Å². The molecule has 0 bridgehead atoms. The summed E-state index contributed by atoms with van der Waals surface area (Å²) in [5.41, 5.74) is 5.76. The third kappa shape index (κ3) is 4.33. The van der Waals surface area contributed by atoms with Gasteiger partial charge < -0.3 is 14.7 Å². The van der Waals surface area contributed by atoms with Gasteiger partial charge in [-0.25, -0.2) is 4.98 Å². The van der Waals surface area contributed by atoms with Crippen molar-refractivity contribution >= 4 is 18.3 Å². The van der Waals surface area contributed by atoms with Crippen LogP contribution < -0.4 is 4.74 Å². The van der Waals surface area contributed by atoms with Gasteiger partial charge in [-0.05, 0) is 66.6 Å². The smallest absolute Gasteiger partial charge is 0.260 e. The molecule has 1 aliphatic carbocycles. The number of hydrogen-bond donors (Lipinski definition) is 1. The number of carbonyl (C=O) groups excluding carboxylic acids is 1. The van der Waals surface area contributed by atoms with E-state index in [4.69, 9.17) is 4.74 Å². The van der Waals surface area contributed by atoms with Gasteiger partial charge >= 0.3 is 0 Å². The lowest BCUT2D eigenvalue weighted by Crippen LogP contribution is -2.27. The Morgan fingerprint density at radius 1 is 1.06 bits per heavy atom. The van der Waals surface area contributed by atoms with Crippen LogP contribution in [0.25, 0.3) is 11.1 Å². The zero-order chi connectivity index (χ0) is 21.4. The van der Waals surface area contributed by atoms with Crippen molar-refractivity contribution in [1.29, 1.82) is 0 Å². The van der Waals surface area contributed by atoms with Crippen molar-refractivity contribution in [2.45, 2.75) is 51.5 Å². The molecular formula is C25H26ClN3O3. The molecule has 2 aliphatic rings. The Kier molecular flexibility index (Phi) is 6.44. The van der Waals surface area contributed by atoms with Crippen molar-refractivity contribution in [2.75, 3.05) is 0 Å². The molecule has 32 heavy (non-hydrogen) atoms. The van der Waals surface area contributed by atoms with E-state index in [0.717, 1.165) is 47.2 Å². The topological polar surface area (TPSA) is 75.6 Å². The number of halogens is 1. The number of benzene rings is 1. The van der Waals surface area contributed by atoms with E-state index in [1.807, 2.05) is 30.2 Å².